The van der Waals surface area contributed by atoms with Gasteiger partial charge in [-0.15, -0.1) is 0 Å². The second kappa shape index (κ2) is 8.82. The predicted molar refractivity (Wildman–Crippen MR) is 119 cm³/mol. The Labute approximate surface area is 186 Å². The van der Waals surface area contributed by atoms with Gasteiger partial charge in [0.05, 0.1) is 12.7 Å². The smallest absolute Gasteiger partial charge is 0.339 e. The first-order valence-electron chi connectivity index (χ1n) is 9.93. The minimum atomic E-state index is -0.369. The molecule has 0 fully saturated rings. The highest BCUT2D eigenvalue weighted by atomic mass is 35.5. The summed E-state index contributed by atoms with van der Waals surface area (Å²) in [6, 6.07) is 20.1. The third kappa shape index (κ3) is 4.42. The van der Waals surface area contributed by atoms with Crippen LogP contribution in [-0.4, -0.2) is 30.9 Å². The van der Waals surface area contributed by atoms with Gasteiger partial charge in [0.2, 0.25) is 0 Å². The summed E-state index contributed by atoms with van der Waals surface area (Å²) in [5, 5.41) is 0.580. The summed E-state index contributed by atoms with van der Waals surface area (Å²) in [5.74, 6) is 0.147. The fourth-order valence-electron chi connectivity index (χ4n) is 3.80. The molecule has 0 radical (unpaired) electrons. The lowest BCUT2D eigenvalue weighted by atomic mass is 9.93. The Morgan fingerprint density at radius 1 is 1.13 bits per heavy atom. The van der Waals surface area contributed by atoms with Crippen molar-refractivity contribution >= 4 is 23.5 Å². The van der Waals surface area contributed by atoms with E-state index in [0.717, 1.165) is 16.7 Å². The zero-order chi connectivity index (χ0) is 22.0. The van der Waals surface area contributed by atoms with Gasteiger partial charge in [-0.25, -0.2) is 4.79 Å². The number of methoxy groups -OCH3 is 1. The molecule has 1 aliphatic rings. The van der Waals surface area contributed by atoms with Gasteiger partial charge in [0.25, 0.3) is 5.91 Å². The fourth-order valence-corrected chi connectivity index (χ4v) is 4.00. The maximum atomic E-state index is 13.1. The van der Waals surface area contributed by atoms with Gasteiger partial charge >= 0.3 is 5.97 Å². The van der Waals surface area contributed by atoms with Crippen molar-refractivity contribution in [2.24, 2.45) is 0 Å². The first-order valence-corrected chi connectivity index (χ1v) is 10.3. The van der Waals surface area contributed by atoms with Crippen LogP contribution in [0.4, 0.5) is 0 Å². The standard InChI is InChI=1S/C25H22ClNO4/c1-27(15-19-13-20(26)9-11-22(19)30-2)24(28)17-8-10-21-18(12-17)14-23(31-25(21)29)16-6-4-3-5-7-16/h3-13,23H,14-15H2,1-2H3. The van der Waals surface area contributed by atoms with Crippen molar-refractivity contribution < 1.29 is 19.1 Å². The zero-order valence-electron chi connectivity index (χ0n) is 17.3. The third-order valence-electron chi connectivity index (χ3n) is 5.39. The molecule has 1 amide bonds. The Bertz CT molecular complexity index is 1130. The number of fused-ring (bicyclic) bond motifs is 1. The molecule has 1 atom stereocenters. The normalized spacial score (nSPS) is 15.1. The molecule has 3 aromatic rings. The van der Waals surface area contributed by atoms with Crippen LogP contribution in [0.1, 0.15) is 43.5 Å². The fraction of sp³-hybridized carbons (Fsp3) is 0.200. The van der Waals surface area contributed by atoms with Gasteiger partial charge in [-0.1, -0.05) is 41.9 Å². The van der Waals surface area contributed by atoms with Crippen LogP contribution in [0, 0.1) is 0 Å². The second-order valence-corrected chi connectivity index (χ2v) is 7.93. The SMILES string of the molecule is COc1ccc(Cl)cc1CN(C)C(=O)c1ccc2c(c1)CC(c1ccccc1)OC2=O. The molecule has 31 heavy (non-hydrogen) atoms. The van der Waals surface area contributed by atoms with Crippen LogP contribution in [0.25, 0.3) is 0 Å². The van der Waals surface area contributed by atoms with E-state index in [0.29, 0.717) is 34.9 Å². The number of benzene rings is 3. The molecule has 0 bridgehead atoms. The maximum Gasteiger partial charge on any atom is 0.339 e. The molecule has 1 heterocycles. The average Bonchev–Trinajstić information content (AvgIpc) is 2.79. The number of carbonyl (C=O) groups is 2. The summed E-state index contributed by atoms with van der Waals surface area (Å²) in [4.78, 5) is 27.2. The molecule has 0 aliphatic carbocycles. The Hall–Kier alpha value is -3.31. The molecule has 1 aliphatic heterocycles. The van der Waals surface area contributed by atoms with Crippen molar-refractivity contribution in [1.29, 1.82) is 0 Å². The van der Waals surface area contributed by atoms with Crippen LogP contribution in [0.5, 0.6) is 5.75 Å². The van der Waals surface area contributed by atoms with Crippen LogP contribution in [-0.2, 0) is 17.7 Å². The van der Waals surface area contributed by atoms with E-state index in [9.17, 15) is 9.59 Å². The summed E-state index contributed by atoms with van der Waals surface area (Å²) in [5.41, 5.74) is 3.58. The molecule has 6 heteroatoms. The minimum Gasteiger partial charge on any atom is -0.496 e. The zero-order valence-corrected chi connectivity index (χ0v) is 18.1. The van der Waals surface area contributed by atoms with Gasteiger partial charge < -0.3 is 14.4 Å². The molecule has 0 spiro atoms. The number of ether oxygens (including phenoxy) is 2. The number of amides is 1. The first kappa shape index (κ1) is 20.9. The molecule has 4 rings (SSSR count). The van der Waals surface area contributed by atoms with Gasteiger partial charge in [0.15, 0.2) is 0 Å². The minimum absolute atomic E-state index is 0.153. The lowest BCUT2D eigenvalue weighted by Gasteiger charge is -2.26. The van der Waals surface area contributed by atoms with Crippen LogP contribution in [0.15, 0.2) is 66.7 Å². The van der Waals surface area contributed by atoms with E-state index >= 15 is 0 Å². The Morgan fingerprint density at radius 3 is 2.65 bits per heavy atom. The molecule has 3 aromatic carbocycles. The lowest BCUT2D eigenvalue weighted by molar-refractivity contribution is 0.0252. The maximum absolute atomic E-state index is 13.1. The molecule has 0 aromatic heterocycles. The second-order valence-electron chi connectivity index (χ2n) is 7.50. The molecule has 1 unspecified atom stereocenters. The predicted octanol–water partition coefficient (Wildman–Crippen LogP) is 5.08. The van der Waals surface area contributed by atoms with Crippen LogP contribution >= 0.6 is 11.6 Å². The monoisotopic (exact) mass is 435 g/mol. The van der Waals surface area contributed by atoms with Gasteiger partial charge in [-0.3, -0.25) is 4.79 Å². The largest absolute Gasteiger partial charge is 0.496 e. The number of esters is 1. The van der Waals surface area contributed by atoms with E-state index in [1.54, 1.807) is 55.5 Å². The van der Waals surface area contributed by atoms with E-state index in [2.05, 4.69) is 0 Å². The molecule has 158 valence electrons. The molecule has 0 saturated heterocycles. The van der Waals surface area contributed by atoms with Crippen LogP contribution in [0.2, 0.25) is 5.02 Å². The van der Waals surface area contributed by atoms with Gasteiger partial charge in [0, 0.05) is 36.2 Å². The topological polar surface area (TPSA) is 55.8 Å². The summed E-state index contributed by atoms with van der Waals surface area (Å²) in [7, 11) is 3.31. The molecular weight excluding hydrogens is 414 g/mol. The van der Waals surface area contributed by atoms with Crippen LogP contribution < -0.4 is 4.74 Å². The Kier molecular flexibility index (Phi) is 5.96. The first-order chi connectivity index (χ1) is 15.0. The van der Waals surface area contributed by atoms with Gasteiger partial charge in [-0.2, -0.15) is 0 Å². The number of carbonyl (C=O) groups excluding carboxylic acids is 2. The van der Waals surface area contributed by atoms with E-state index in [1.807, 2.05) is 30.3 Å². The third-order valence-corrected chi connectivity index (χ3v) is 5.63. The highest BCUT2D eigenvalue weighted by molar-refractivity contribution is 6.30. The number of halogens is 1. The highest BCUT2D eigenvalue weighted by Gasteiger charge is 2.28. The summed E-state index contributed by atoms with van der Waals surface area (Å²) >= 11 is 6.11. The van der Waals surface area contributed by atoms with E-state index in [4.69, 9.17) is 21.1 Å². The van der Waals surface area contributed by atoms with E-state index in [1.165, 1.54) is 0 Å². The van der Waals surface area contributed by atoms with Gasteiger partial charge in [0.1, 0.15) is 11.9 Å². The van der Waals surface area contributed by atoms with E-state index in [-0.39, 0.29) is 18.0 Å². The number of hydrogen-bond acceptors (Lipinski definition) is 4. The number of cyclic esters (lactones) is 1. The van der Waals surface area contributed by atoms with Crippen molar-refractivity contribution in [3.8, 4) is 5.75 Å². The Morgan fingerprint density at radius 2 is 1.90 bits per heavy atom. The molecule has 0 N–H and O–H groups in total. The molecular formula is C25H22ClNO4. The lowest BCUT2D eigenvalue weighted by Crippen LogP contribution is -2.27. The van der Waals surface area contributed by atoms with Crippen molar-refractivity contribution in [2.75, 3.05) is 14.2 Å². The van der Waals surface area contributed by atoms with Crippen molar-refractivity contribution in [3.63, 3.8) is 0 Å². The van der Waals surface area contributed by atoms with E-state index < -0.39 is 0 Å². The number of rotatable bonds is 5. The molecule has 0 saturated carbocycles. The summed E-state index contributed by atoms with van der Waals surface area (Å²) < 4.78 is 11.0. The molecule has 5 nitrogen and oxygen atoms in total. The summed E-state index contributed by atoms with van der Waals surface area (Å²) in [6.45, 7) is 0.342. The average molecular weight is 436 g/mol. The van der Waals surface area contributed by atoms with Crippen LogP contribution in [0.3, 0.4) is 0 Å². The van der Waals surface area contributed by atoms with Crippen molar-refractivity contribution in [2.45, 2.75) is 19.1 Å². The van der Waals surface area contributed by atoms with Crippen molar-refractivity contribution in [1.82, 2.24) is 4.90 Å². The quantitative estimate of drug-likeness (QED) is 0.525. The Balaban J connectivity index is 1.56. The van der Waals surface area contributed by atoms with Crippen molar-refractivity contribution in [3.05, 3.63) is 99.6 Å². The number of nitrogens with zero attached hydrogens (tertiary/aromatic N) is 1. The van der Waals surface area contributed by atoms with Gasteiger partial charge in [-0.05, 0) is 47.5 Å². The highest BCUT2D eigenvalue weighted by Crippen LogP contribution is 2.31. The summed E-state index contributed by atoms with van der Waals surface area (Å²) in [6.07, 6.45) is 0.165. The number of hydrogen-bond donors (Lipinski definition) is 0.